The standard InChI is InChI=1S/C19H16FN3O4/c20-14-8-5-13(6-9-14)7-10-17(24)21-22-18(25)11-23-15-3-1-2-4-16(15)27-12-19(23)26/h1-10H,11-12H2,(H,21,24)(H,22,25)/b10-7+. The lowest BCUT2D eigenvalue weighted by Gasteiger charge is -2.28. The average molecular weight is 369 g/mol. The molecule has 0 saturated heterocycles. The Hall–Kier alpha value is -3.68. The number of anilines is 1. The number of hydrogen-bond acceptors (Lipinski definition) is 4. The minimum Gasteiger partial charge on any atom is -0.482 e. The number of nitrogens with zero attached hydrogens (tertiary/aromatic N) is 1. The van der Waals surface area contributed by atoms with E-state index in [9.17, 15) is 18.8 Å². The van der Waals surface area contributed by atoms with Crippen LogP contribution in [0.25, 0.3) is 6.08 Å². The van der Waals surface area contributed by atoms with E-state index in [0.29, 0.717) is 17.0 Å². The maximum absolute atomic E-state index is 12.8. The summed E-state index contributed by atoms with van der Waals surface area (Å²) < 4.78 is 18.1. The number of fused-ring (bicyclic) bond motifs is 1. The molecule has 7 nitrogen and oxygen atoms in total. The first-order chi connectivity index (χ1) is 13.0. The van der Waals surface area contributed by atoms with Gasteiger partial charge in [0.15, 0.2) is 6.61 Å². The molecule has 2 N–H and O–H groups in total. The first kappa shape index (κ1) is 18.1. The second kappa shape index (κ2) is 8.13. The fraction of sp³-hybridized carbons (Fsp3) is 0.105. The first-order valence-electron chi connectivity index (χ1n) is 8.07. The Labute approximate surface area is 154 Å². The zero-order chi connectivity index (χ0) is 19.2. The van der Waals surface area contributed by atoms with E-state index in [0.717, 1.165) is 0 Å². The lowest BCUT2D eigenvalue weighted by Crippen LogP contribution is -2.49. The number of hydrogen-bond donors (Lipinski definition) is 2. The highest BCUT2D eigenvalue weighted by Gasteiger charge is 2.26. The van der Waals surface area contributed by atoms with Gasteiger partial charge < -0.3 is 4.74 Å². The van der Waals surface area contributed by atoms with E-state index >= 15 is 0 Å². The van der Waals surface area contributed by atoms with Gasteiger partial charge in [0.05, 0.1) is 5.69 Å². The van der Waals surface area contributed by atoms with Crippen LogP contribution < -0.4 is 20.5 Å². The highest BCUT2D eigenvalue weighted by Crippen LogP contribution is 2.30. The molecule has 27 heavy (non-hydrogen) atoms. The fourth-order valence-corrected chi connectivity index (χ4v) is 2.43. The van der Waals surface area contributed by atoms with Crippen LogP contribution in [0.4, 0.5) is 10.1 Å². The first-order valence-corrected chi connectivity index (χ1v) is 8.07. The van der Waals surface area contributed by atoms with Gasteiger partial charge in [0.2, 0.25) is 0 Å². The Bertz CT molecular complexity index is 896. The van der Waals surface area contributed by atoms with Gasteiger partial charge in [0, 0.05) is 6.08 Å². The lowest BCUT2D eigenvalue weighted by molar-refractivity contribution is -0.127. The summed E-state index contributed by atoms with van der Waals surface area (Å²) in [5.41, 5.74) is 5.59. The summed E-state index contributed by atoms with van der Waals surface area (Å²) in [4.78, 5) is 37.1. The van der Waals surface area contributed by atoms with E-state index in [4.69, 9.17) is 4.74 Å². The van der Waals surface area contributed by atoms with Gasteiger partial charge in [-0.2, -0.15) is 0 Å². The Kier molecular flexibility index (Phi) is 5.46. The Morgan fingerprint density at radius 3 is 2.63 bits per heavy atom. The summed E-state index contributed by atoms with van der Waals surface area (Å²) in [5, 5.41) is 0. The van der Waals surface area contributed by atoms with Crippen molar-refractivity contribution in [1.29, 1.82) is 0 Å². The molecule has 8 heteroatoms. The van der Waals surface area contributed by atoms with Crippen LogP contribution in [-0.2, 0) is 14.4 Å². The Balaban J connectivity index is 1.53. The zero-order valence-corrected chi connectivity index (χ0v) is 14.1. The number of rotatable bonds is 4. The quantitative estimate of drug-likeness (QED) is 0.630. The third-order valence-electron chi connectivity index (χ3n) is 3.73. The zero-order valence-electron chi connectivity index (χ0n) is 14.1. The number of halogens is 1. The van der Waals surface area contributed by atoms with Crippen molar-refractivity contribution in [2.75, 3.05) is 18.1 Å². The molecule has 3 rings (SSSR count). The Morgan fingerprint density at radius 1 is 1.11 bits per heavy atom. The molecule has 0 bridgehead atoms. The van der Waals surface area contributed by atoms with Crippen LogP contribution in [0.15, 0.2) is 54.6 Å². The van der Waals surface area contributed by atoms with Crippen LogP contribution in [-0.4, -0.2) is 30.9 Å². The predicted octanol–water partition coefficient (Wildman–Crippen LogP) is 1.41. The number of benzene rings is 2. The summed E-state index contributed by atoms with van der Waals surface area (Å²) in [6.45, 7) is -0.418. The molecule has 0 aliphatic carbocycles. The number of nitrogens with one attached hydrogen (secondary N) is 2. The highest BCUT2D eigenvalue weighted by molar-refractivity contribution is 6.02. The molecule has 0 atom stereocenters. The number of para-hydroxylation sites is 2. The second-order valence-electron chi connectivity index (χ2n) is 5.66. The molecular formula is C19H16FN3O4. The molecule has 2 aromatic carbocycles. The van der Waals surface area contributed by atoms with Crippen LogP contribution in [0.5, 0.6) is 5.75 Å². The molecule has 0 radical (unpaired) electrons. The maximum atomic E-state index is 12.8. The van der Waals surface area contributed by atoms with Gasteiger partial charge in [-0.3, -0.25) is 30.1 Å². The predicted molar refractivity (Wildman–Crippen MR) is 96.0 cm³/mol. The number of ether oxygens (including phenoxy) is 1. The van der Waals surface area contributed by atoms with Gasteiger partial charge in [-0.1, -0.05) is 24.3 Å². The third kappa shape index (κ3) is 4.69. The minimum atomic E-state index is -0.568. The highest BCUT2D eigenvalue weighted by atomic mass is 19.1. The molecule has 2 aromatic rings. The van der Waals surface area contributed by atoms with Crippen molar-refractivity contribution in [2.45, 2.75) is 0 Å². The van der Waals surface area contributed by atoms with Crippen molar-refractivity contribution in [3.05, 3.63) is 66.0 Å². The largest absolute Gasteiger partial charge is 0.482 e. The minimum absolute atomic E-state index is 0.156. The van der Waals surface area contributed by atoms with Gasteiger partial charge in [-0.05, 0) is 35.9 Å². The van der Waals surface area contributed by atoms with Crippen molar-refractivity contribution < 1.29 is 23.5 Å². The Morgan fingerprint density at radius 2 is 1.85 bits per heavy atom. The summed E-state index contributed by atoms with van der Waals surface area (Å²) in [6.07, 6.45) is 2.67. The van der Waals surface area contributed by atoms with E-state index < -0.39 is 11.8 Å². The van der Waals surface area contributed by atoms with Gasteiger partial charge >= 0.3 is 0 Å². The molecule has 0 fully saturated rings. The second-order valence-corrected chi connectivity index (χ2v) is 5.66. The lowest BCUT2D eigenvalue weighted by atomic mass is 10.2. The van der Waals surface area contributed by atoms with Crippen molar-refractivity contribution in [3.63, 3.8) is 0 Å². The third-order valence-corrected chi connectivity index (χ3v) is 3.73. The number of amides is 3. The van der Waals surface area contributed by atoms with E-state index in [-0.39, 0.29) is 24.9 Å². The molecule has 1 aliphatic rings. The number of hydrazine groups is 1. The molecule has 3 amide bonds. The topological polar surface area (TPSA) is 87.7 Å². The smallest absolute Gasteiger partial charge is 0.265 e. The number of carbonyl (C=O) groups excluding carboxylic acids is 3. The molecule has 1 aliphatic heterocycles. The van der Waals surface area contributed by atoms with Crippen LogP contribution >= 0.6 is 0 Å². The van der Waals surface area contributed by atoms with Crippen molar-refractivity contribution in [3.8, 4) is 5.75 Å². The van der Waals surface area contributed by atoms with Crippen LogP contribution in [0, 0.1) is 5.82 Å². The van der Waals surface area contributed by atoms with Crippen LogP contribution in [0.3, 0.4) is 0 Å². The van der Waals surface area contributed by atoms with Crippen LogP contribution in [0.1, 0.15) is 5.56 Å². The van der Waals surface area contributed by atoms with Crippen LogP contribution in [0.2, 0.25) is 0 Å². The summed E-state index contributed by atoms with van der Waals surface area (Å²) in [7, 11) is 0. The van der Waals surface area contributed by atoms with Gasteiger partial charge in [-0.25, -0.2) is 4.39 Å². The van der Waals surface area contributed by atoms with E-state index in [1.165, 1.54) is 41.3 Å². The number of carbonyl (C=O) groups is 3. The molecule has 0 aromatic heterocycles. The molecule has 0 spiro atoms. The van der Waals surface area contributed by atoms with E-state index in [1.807, 2.05) is 0 Å². The summed E-state index contributed by atoms with van der Waals surface area (Å²) in [6, 6.07) is 12.4. The van der Waals surface area contributed by atoms with Gasteiger partial charge in [-0.15, -0.1) is 0 Å². The monoisotopic (exact) mass is 369 g/mol. The SMILES string of the molecule is O=C(/C=C/c1ccc(F)cc1)NNC(=O)CN1C(=O)COc2ccccc21. The summed E-state index contributed by atoms with van der Waals surface area (Å²) in [5.74, 6) is -1.35. The van der Waals surface area contributed by atoms with Gasteiger partial charge in [0.25, 0.3) is 17.7 Å². The van der Waals surface area contributed by atoms with Gasteiger partial charge in [0.1, 0.15) is 18.1 Å². The average Bonchev–Trinajstić information content (AvgIpc) is 2.68. The van der Waals surface area contributed by atoms with Crippen molar-refractivity contribution >= 4 is 29.5 Å². The molecule has 138 valence electrons. The summed E-state index contributed by atoms with van der Waals surface area (Å²) >= 11 is 0. The molecule has 0 saturated carbocycles. The fourth-order valence-electron chi connectivity index (χ4n) is 2.43. The van der Waals surface area contributed by atoms with E-state index in [1.54, 1.807) is 24.3 Å². The molecule has 1 heterocycles. The van der Waals surface area contributed by atoms with E-state index in [2.05, 4.69) is 10.9 Å². The van der Waals surface area contributed by atoms with Crippen molar-refractivity contribution in [1.82, 2.24) is 10.9 Å². The maximum Gasteiger partial charge on any atom is 0.265 e. The molecule has 0 unspecified atom stereocenters. The molecular weight excluding hydrogens is 353 g/mol. The normalized spacial score (nSPS) is 13.1. The van der Waals surface area contributed by atoms with Crippen molar-refractivity contribution in [2.24, 2.45) is 0 Å².